The number of aliphatic hydroxyl groups excluding tert-OH is 5. The molecule has 0 saturated carbocycles. The predicted octanol–water partition coefficient (Wildman–Crippen LogP) is 2.59. The molecule has 0 aliphatic carbocycles. The zero-order chi connectivity index (χ0) is 41.6. The van der Waals surface area contributed by atoms with E-state index in [4.69, 9.17) is 49.1 Å². The van der Waals surface area contributed by atoms with Gasteiger partial charge in [-0.15, -0.1) is 0 Å². The third-order valence-electron chi connectivity index (χ3n) is 8.38. The molecule has 308 valence electrons. The number of aliphatic hydroxyl groups is 5. The van der Waals surface area contributed by atoms with Crippen LogP contribution in [0.15, 0.2) is 120 Å². The van der Waals surface area contributed by atoms with Gasteiger partial charge in [-0.25, -0.2) is 8.42 Å². The Morgan fingerprint density at radius 3 is 1.44 bits per heavy atom. The highest BCUT2D eigenvalue weighted by atomic mass is 32.2. The molecule has 55 heavy (non-hydrogen) atoms. The van der Waals surface area contributed by atoms with Crippen LogP contribution in [0, 0.1) is 5.92 Å². The van der Waals surface area contributed by atoms with Crippen molar-refractivity contribution in [3.8, 4) is 0 Å². The minimum Gasteiger partial charge on any atom is -0.399 e. The van der Waals surface area contributed by atoms with E-state index in [0.29, 0.717) is 18.2 Å². The molecular weight excluding hydrogens is 719 g/mol. The predicted molar refractivity (Wildman–Crippen MR) is 225 cm³/mol. The zero-order valence-corrected chi connectivity index (χ0v) is 33.5. The number of sulfone groups is 1. The molecule has 0 amide bonds. The fourth-order valence-electron chi connectivity index (χ4n) is 4.70. The molecule has 4 aromatic rings. The molecule has 4 aromatic carbocycles. The molecule has 0 aliphatic heterocycles. The Morgan fingerprint density at radius 1 is 0.655 bits per heavy atom. The van der Waals surface area contributed by atoms with Gasteiger partial charge >= 0.3 is 0 Å². The molecule has 0 aliphatic rings. The summed E-state index contributed by atoms with van der Waals surface area (Å²) in [5.74, 6) is 0.238. The topological polar surface area (TPSA) is 265 Å². The van der Waals surface area contributed by atoms with Crippen LogP contribution >= 0.6 is 0 Å². The van der Waals surface area contributed by atoms with Crippen LogP contribution in [0.1, 0.15) is 49.8 Å². The van der Waals surface area contributed by atoms with Gasteiger partial charge in [-0.2, -0.15) is 0 Å². The molecule has 12 nitrogen and oxygen atoms in total. The van der Waals surface area contributed by atoms with E-state index >= 15 is 0 Å². The second-order valence-electron chi connectivity index (χ2n) is 13.1. The van der Waals surface area contributed by atoms with Gasteiger partial charge in [0, 0.05) is 36.3 Å². The van der Waals surface area contributed by atoms with E-state index in [9.17, 15) is 13.5 Å². The number of benzene rings is 4. The van der Waals surface area contributed by atoms with Crippen molar-refractivity contribution in [2.24, 2.45) is 28.9 Å². The lowest BCUT2D eigenvalue weighted by Crippen LogP contribution is -2.31. The first-order valence-corrected chi connectivity index (χ1v) is 20.1. The molecule has 0 fully saturated rings. The van der Waals surface area contributed by atoms with Gasteiger partial charge in [0.15, 0.2) is 9.84 Å². The van der Waals surface area contributed by atoms with Gasteiger partial charge in [0.2, 0.25) is 0 Å². The summed E-state index contributed by atoms with van der Waals surface area (Å²) in [6, 6.07) is 35.4. The normalized spacial score (nSPS) is 13.9. The molecule has 0 spiro atoms. The molecule has 15 N–H and O–H groups in total. The summed E-state index contributed by atoms with van der Waals surface area (Å²) in [6.45, 7) is 6.20. The van der Waals surface area contributed by atoms with Gasteiger partial charge in [-0.1, -0.05) is 117 Å². The molecule has 4 unspecified atom stereocenters. The number of hydrogen-bond acceptors (Lipinski definition) is 12. The Balaban J connectivity index is 0.000000668. The standard InChI is InChI=1S/C10H15NO.2C9H13NO.C8H11NO3S.C6H15NO/c1-8(12)10(7-11)9-5-3-2-4-6-9;2*10-9(7-11)6-8-4-2-1-3-5-8;9-7-2-1-3-8(6-7)13(11,12)5-4-10;1-3-5(2)6(7)4-8/h2-6,8,10,12H,7,11H2,1H3;2*1-5,9,11H,6-7,10H2;1-3,6,10H,4-5,9H2;5-6,8H,3-4,7H2,1-2H3/t;2*9-;;/m.10../s1. The van der Waals surface area contributed by atoms with Crippen molar-refractivity contribution in [2.75, 3.05) is 44.5 Å². The average molecular weight is 786 g/mol. The zero-order valence-electron chi connectivity index (χ0n) is 32.6. The van der Waals surface area contributed by atoms with E-state index in [0.717, 1.165) is 24.8 Å². The van der Waals surface area contributed by atoms with Gasteiger partial charge in [-0.05, 0) is 60.6 Å². The highest BCUT2D eigenvalue weighted by molar-refractivity contribution is 7.91. The van der Waals surface area contributed by atoms with Gasteiger partial charge < -0.3 is 54.2 Å². The second kappa shape index (κ2) is 30.5. The molecular formula is C42H67N5O7S. The number of nitrogens with two attached hydrogens (primary N) is 5. The first-order chi connectivity index (χ1) is 26.2. The smallest absolute Gasteiger partial charge is 0.180 e. The average Bonchev–Trinajstić information content (AvgIpc) is 3.19. The summed E-state index contributed by atoms with van der Waals surface area (Å²) in [5, 5.41) is 43.8. The van der Waals surface area contributed by atoms with E-state index in [-0.39, 0.29) is 67.2 Å². The number of nitrogen functional groups attached to an aromatic ring is 1. The summed E-state index contributed by atoms with van der Waals surface area (Å²) in [6.07, 6.45) is 2.16. The molecule has 13 heteroatoms. The van der Waals surface area contributed by atoms with Gasteiger partial charge in [0.25, 0.3) is 0 Å². The van der Waals surface area contributed by atoms with Crippen LogP contribution in [0.2, 0.25) is 0 Å². The van der Waals surface area contributed by atoms with Crippen LogP contribution in [0.3, 0.4) is 0 Å². The maximum Gasteiger partial charge on any atom is 0.180 e. The van der Waals surface area contributed by atoms with Crippen LogP contribution < -0.4 is 28.7 Å². The van der Waals surface area contributed by atoms with E-state index in [2.05, 4.69) is 6.92 Å². The SMILES string of the molecule is CC(O)C(CN)c1ccccc1.CCC(C)C(N)CO.N[C@@H](CO)Cc1ccccc1.N[C@H](CO)Cc1ccccc1.Nc1cccc(S(=O)(=O)CCO)c1. The van der Waals surface area contributed by atoms with Crippen molar-refractivity contribution in [3.05, 3.63) is 132 Å². The Labute approximate surface area is 328 Å². The van der Waals surface area contributed by atoms with Crippen LogP contribution in [0.4, 0.5) is 5.69 Å². The Hall–Kier alpha value is -3.73. The highest BCUT2D eigenvalue weighted by Gasteiger charge is 2.14. The molecule has 0 aromatic heterocycles. The first kappa shape index (κ1) is 51.3. The van der Waals surface area contributed by atoms with Crippen molar-refractivity contribution in [1.29, 1.82) is 0 Å². The molecule has 6 atom stereocenters. The molecule has 0 heterocycles. The number of hydrogen-bond donors (Lipinski definition) is 10. The molecule has 0 bridgehead atoms. The van der Waals surface area contributed by atoms with Crippen LogP contribution in [0.25, 0.3) is 0 Å². The highest BCUT2D eigenvalue weighted by Crippen LogP contribution is 2.17. The largest absolute Gasteiger partial charge is 0.399 e. The third-order valence-corrected chi connectivity index (χ3v) is 10.1. The van der Waals surface area contributed by atoms with Crippen molar-refractivity contribution < 1.29 is 34.0 Å². The lowest BCUT2D eigenvalue weighted by Gasteiger charge is -2.17. The van der Waals surface area contributed by atoms with Crippen molar-refractivity contribution in [3.63, 3.8) is 0 Å². The summed E-state index contributed by atoms with van der Waals surface area (Å²) in [7, 11) is -3.36. The van der Waals surface area contributed by atoms with E-state index in [1.54, 1.807) is 19.1 Å². The molecule has 4 rings (SSSR count). The van der Waals surface area contributed by atoms with E-state index in [1.807, 2.05) is 97.9 Å². The maximum atomic E-state index is 11.4. The summed E-state index contributed by atoms with van der Waals surface area (Å²) in [4.78, 5) is 0.154. The summed E-state index contributed by atoms with van der Waals surface area (Å²) < 4.78 is 22.7. The van der Waals surface area contributed by atoms with Gasteiger partial charge in [-0.3, -0.25) is 0 Å². The maximum absolute atomic E-state index is 11.4. The Kier molecular flexibility index (Phi) is 28.4. The Morgan fingerprint density at radius 2 is 1.11 bits per heavy atom. The summed E-state index contributed by atoms with van der Waals surface area (Å²) >= 11 is 0. The van der Waals surface area contributed by atoms with Crippen molar-refractivity contribution in [2.45, 2.75) is 75.1 Å². The van der Waals surface area contributed by atoms with Crippen LogP contribution in [-0.2, 0) is 22.7 Å². The molecule has 0 radical (unpaired) electrons. The lowest BCUT2D eigenvalue weighted by molar-refractivity contribution is 0.164. The van der Waals surface area contributed by atoms with E-state index in [1.165, 1.54) is 23.3 Å². The lowest BCUT2D eigenvalue weighted by atomic mass is 9.95. The minimum atomic E-state index is -3.36. The third kappa shape index (κ3) is 23.7. The van der Waals surface area contributed by atoms with Gasteiger partial charge in [0.1, 0.15) is 0 Å². The van der Waals surface area contributed by atoms with E-state index < -0.39 is 9.84 Å². The fraction of sp³-hybridized carbons (Fsp3) is 0.429. The summed E-state index contributed by atoms with van der Waals surface area (Å²) in [5.41, 5.74) is 31.4. The van der Waals surface area contributed by atoms with Crippen molar-refractivity contribution in [1.82, 2.24) is 0 Å². The van der Waals surface area contributed by atoms with Gasteiger partial charge in [0.05, 0.1) is 43.2 Å². The Bertz CT molecular complexity index is 1530. The van der Waals surface area contributed by atoms with Crippen LogP contribution in [0.5, 0.6) is 0 Å². The monoisotopic (exact) mass is 785 g/mol. The number of anilines is 1. The molecule has 0 saturated heterocycles. The second-order valence-corrected chi connectivity index (χ2v) is 15.2. The fourth-order valence-corrected chi connectivity index (χ4v) is 5.78. The minimum absolute atomic E-state index is 0.0278. The van der Waals surface area contributed by atoms with Crippen LogP contribution in [-0.4, -0.2) is 96.9 Å². The number of rotatable bonds is 15. The quantitative estimate of drug-likeness (QED) is 0.0780. The first-order valence-electron chi connectivity index (χ1n) is 18.5. The van der Waals surface area contributed by atoms with Crippen molar-refractivity contribution >= 4 is 15.5 Å².